The highest BCUT2D eigenvalue weighted by Gasteiger charge is 2.16. The quantitative estimate of drug-likeness (QED) is 0.781. The first kappa shape index (κ1) is 19.4. The molecule has 0 aromatic heterocycles. The summed E-state index contributed by atoms with van der Waals surface area (Å²) in [4.78, 5) is 24.7. The second kappa shape index (κ2) is 8.44. The van der Waals surface area contributed by atoms with Gasteiger partial charge in [0.1, 0.15) is 17.2 Å². The Morgan fingerprint density at radius 1 is 0.846 bits per heavy atom. The number of amides is 2. The van der Waals surface area contributed by atoms with Gasteiger partial charge in [-0.05, 0) is 37.3 Å². The van der Waals surface area contributed by atoms with Crippen LogP contribution in [-0.2, 0) is 0 Å². The van der Waals surface area contributed by atoms with Crippen molar-refractivity contribution in [2.75, 3.05) is 21.3 Å². The normalized spacial score (nSPS) is 10.0. The average Bonchev–Trinajstić information content (AvgIpc) is 2.65. The lowest BCUT2D eigenvalue weighted by Gasteiger charge is -2.13. The van der Waals surface area contributed by atoms with Gasteiger partial charge < -0.3 is 14.2 Å². The highest BCUT2D eigenvalue weighted by molar-refractivity contribution is 6.31. The van der Waals surface area contributed by atoms with E-state index in [2.05, 4.69) is 10.9 Å². The number of halogens is 1. The van der Waals surface area contributed by atoms with Crippen molar-refractivity contribution in [2.24, 2.45) is 0 Å². The number of benzene rings is 2. The predicted molar refractivity (Wildman–Crippen MR) is 97.2 cm³/mol. The first-order valence-corrected chi connectivity index (χ1v) is 7.96. The fourth-order valence-corrected chi connectivity index (χ4v) is 2.50. The van der Waals surface area contributed by atoms with E-state index in [4.69, 9.17) is 25.8 Å². The van der Waals surface area contributed by atoms with Gasteiger partial charge in [-0.15, -0.1) is 0 Å². The molecule has 0 heterocycles. The smallest absolute Gasteiger partial charge is 0.273 e. The van der Waals surface area contributed by atoms with Gasteiger partial charge in [-0.3, -0.25) is 20.4 Å². The molecule has 2 rings (SSSR count). The highest BCUT2D eigenvalue weighted by atomic mass is 35.5. The van der Waals surface area contributed by atoms with E-state index in [0.29, 0.717) is 22.3 Å². The summed E-state index contributed by atoms with van der Waals surface area (Å²) in [6, 6.07) is 7.72. The number of hydrogen-bond donors (Lipinski definition) is 2. The van der Waals surface area contributed by atoms with E-state index < -0.39 is 11.8 Å². The number of hydrazine groups is 1. The molecule has 2 aromatic rings. The molecule has 0 aliphatic rings. The van der Waals surface area contributed by atoms with Crippen molar-refractivity contribution in [3.8, 4) is 17.2 Å². The topological polar surface area (TPSA) is 85.9 Å². The largest absolute Gasteiger partial charge is 0.496 e. The lowest BCUT2D eigenvalue weighted by molar-refractivity contribution is 0.0844. The van der Waals surface area contributed by atoms with Crippen LogP contribution in [-0.4, -0.2) is 33.1 Å². The minimum absolute atomic E-state index is 0.194. The van der Waals surface area contributed by atoms with E-state index in [0.717, 1.165) is 5.56 Å². The molecule has 8 heteroatoms. The monoisotopic (exact) mass is 378 g/mol. The molecule has 0 unspecified atom stereocenters. The number of carbonyl (C=O) groups excluding carboxylic acids is 2. The zero-order valence-electron chi connectivity index (χ0n) is 14.8. The number of nitrogens with one attached hydrogen (secondary N) is 2. The lowest BCUT2D eigenvalue weighted by Crippen LogP contribution is -2.41. The van der Waals surface area contributed by atoms with Gasteiger partial charge in [-0.1, -0.05) is 11.6 Å². The number of methoxy groups -OCH3 is 3. The molecule has 138 valence electrons. The Labute approximate surface area is 156 Å². The standard InChI is InChI=1S/C18H19ClN2O5/c1-10-15(25-3)7-11(8-16(10)26-4)17(22)20-21-18(23)13-9-12(19)5-6-14(13)24-2/h5-9H,1-4H3,(H,20,22)(H,21,23). The molecule has 0 fully saturated rings. The van der Waals surface area contributed by atoms with Gasteiger partial charge in [-0.25, -0.2) is 0 Å². The van der Waals surface area contributed by atoms with Crippen LogP contribution in [0.2, 0.25) is 5.02 Å². The Hall–Kier alpha value is -2.93. The molecule has 7 nitrogen and oxygen atoms in total. The summed E-state index contributed by atoms with van der Waals surface area (Å²) in [6.07, 6.45) is 0. The zero-order valence-corrected chi connectivity index (χ0v) is 15.6. The molecule has 0 aliphatic heterocycles. The van der Waals surface area contributed by atoms with Crippen LogP contribution in [0.5, 0.6) is 17.2 Å². The molecule has 0 atom stereocenters. The fourth-order valence-electron chi connectivity index (χ4n) is 2.33. The molecule has 2 amide bonds. The zero-order chi connectivity index (χ0) is 19.3. The van der Waals surface area contributed by atoms with Crippen LogP contribution in [0.3, 0.4) is 0 Å². The lowest BCUT2D eigenvalue weighted by atomic mass is 10.1. The van der Waals surface area contributed by atoms with Gasteiger partial charge in [0.2, 0.25) is 0 Å². The Morgan fingerprint density at radius 2 is 1.38 bits per heavy atom. The van der Waals surface area contributed by atoms with Gasteiger partial charge in [0.15, 0.2) is 0 Å². The fraction of sp³-hybridized carbons (Fsp3) is 0.222. The molecule has 0 radical (unpaired) electrons. The molecular formula is C18H19ClN2O5. The van der Waals surface area contributed by atoms with Crippen LogP contribution >= 0.6 is 11.6 Å². The predicted octanol–water partition coefficient (Wildman–Crippen LogP) is 2.75. The number of hydrogen-bond acceptors (Lipinski definition) is 5. The maximum Gasteiger partial charge on any atom is 0.273 e. The molecular weight excluding hydrogens is 360 g/mol. The average molecular weight is 379 g/mol. The highest BCUT2D eigenvalue weighted by Crippen LogP contribution is 2.29. The second-order valence-electron chi connectivity index (χ2n) is 5.26. The van der Waals surface area contributed by atoms with Gasteiger partial charge >= 0.3 is 0 Å². The Balaban J connectivity index is 2.16. The van der Waals surface area contributed by atoms with Crippen molar-refractivity contribution in [2.45, 2.75) is 6.92 Å². The number of carbonyl (C=O) groups is 2. The van der Waals surface area contributed by atoms with Crippen molar-refractivity contribution in [3.63, 3.8) is 0 Å². The molecule has 2 aromatic carbocycles. The maximum absolute atomic E-state index is 12.4. The third-order valence-electron chi connectivity index (χ3n) is 3.71. The molecule has 26 heavy (non-hydrogen) atoms. The van der Waals surface area contributed by atoms with Gasteiger partial charge in [-0.2, -0.15) is 0 Å². The summed E-state index contributed by atoms with van der Waals surface area (Å²) in [7, 11) is 4.43. The van der Waals surface area contributed by atoms with E-state index >= 15 is 0 Å². The van der Waals surface area contributed by atoms with Crippen LogP contribution in [0.1, 0.15) is 26.3 Å². The van der Waals surface area contributed by atoms with E-state index in [1.165, 1.54) is 27.4 Å². The Kier molecular flexibility index (Phi) is 6.30. The summed E-state index contributed by atoms with van der Waals surface area (Å²) in [5.41, 5.74) is 5.90. The van der Waals surface area contributed by atoms with Crippen LogP contribution in [0, 0.1) is 6.92 Å². The third-order valence-corrected chi connectivity index (χ3v) is 3.95. The van der Waals surface area contributed by atoms with E-state index in [1.807, 2.05) is 6.92 Å². The summed E-state index contributed by atoms with van der Waals surface area (Å²) in [6.45, 7) is 1.81. The second-order valence-corrected chi connectivity index (χ2v) is 5.70. The molecule has 0 saturated carbocycles. The van der Waals surface area contributed by atoms with Crippen molar-refractivity contribution >= 4 is 23.4 Å². The van der Waals surface area contributed by atoms with Crippen LogP contribution in [0.25, 0.3) is 0 Å². The first-order chi connectivity index (χ1) is 12.4. The Morgan fingerprint density at radius 3 is 1.92 bits per heavy atom. The summed E-state index contributed by atoms with van der Waals surface area (Å²) in [5.74, 6) is 0.231. The Bertz CT molecular complexity index is 813. The third kappa shape index (κ3) is 4.18. The van der Waals surface area contributed by atoms with Gasteiger partial charge in [0.25, 0.3) is 11.8 Å². The van der Waals surface area contributed by atoms with E-state index in [9.17, 15) is 9.59 Å². The SMILES string of the molecule is COc1ccc(Cl)cc1C(=O)NNC(=O)c1cc(OC)c(C)c(OC)c1. The van der Waals surface area contributed by atoms with Crippen LogP contribution in [0.4, 0.5) is 0 Å². The molecule has 0 saturated heterocycles. The van der Waals surface area contributed by atoms with Crippen LogP contribution in [0.15, 0.2) is 30.3 Å². The minimum atomic E-state index is -0.566. The summed E-state index contributed by atoms with van der Waals surface area (Å²) in [5, 5.41) is 0.371. The van der Waals surface area contributed by atoms with E-state index in [1.54, 1.807) is 24.3 Å². The number of ether oxygens (including phenoxy) is 3. The van der Waals surface area contributed by atoms with Gasteiger partial charge in [0, 0.05) is 16.1 Å². The molecule has 0 bridgehead atoms. The van der Waals surface area contributed by atoms with Gasteiger partial charge in [0.05, 0.1) is 26.9 Å². The first-order valence-electron chi connectivity index (χ1n) is 7.58. The van der Waals surface area contributed by atoms with Crippen molar-refractivity contribution < 1.29 is 23.8 Å². The van der Waals surface area contributed by atoms with Crippen molar-refractivity contribution in [1.29, 1.82) is 0 Å². The molecule has 0 spiro atoms. The minimum Gasteiger partial charge on any atom is -0.496 e. The van der Waals surface area contributed by atoms with Crippen molar-refractivity contribution in [3.05, 3.63) is 52.0 Å². The van der Waals surface area contributed by atoms with Crippen LogP contribution < -0.4 is 25.1 Å². The summed E-state index contributed by atoms with van der Waals surface area (Å²) < 4.78 is 15.6. The number of rotatable bonds is 5. The molecule has 0 aliphatic carbocycles. The van der Waals surface area contributed by atoms with Crippen molar-refractivity contribution in [1.82, 2.24) is 10.9 Å². The molecule has 2 N–H and O–H groups in total. The van der Waals surface area contributed by atoms with E-state index in [-0.39, 0.29) is 11.1 Å². The summed E-state index contributed by atoms with van der Waals surface area (Å²) >= 11 is 5.91. The maximum atomic E-state index is 12.4.